The Kier molecular flexibility index (Phi) is 9.12. The van der Waals surface area contributed by atoms with Gasteiger partial charge in [0.15, 0.2) is 0 Å². The number of hydrogen-bond donors (Lipinski definition) is 0. The van der Waals surface area contributed by atoms with Crippen LogP contribution in [0, 0.1) is 22.7 Å². The van der Waals surface area contributed by atoms with Crippen LogP contribution < -0.4 is 0 Å². The van der Waals surface area contributed by atoms with E-state index >= 15 is 0 Å². The predicted molar refractivity (Wildman–Crippen MR) is 105 cm³/mol. The number of carbonyl (C=O) groups excluding carboxylic acids is 2. The van der Waals surface area contributed by atoms with Crippen molar-refractivity contribution in [2.24, 2.45) is 22.7 Å². The highest BCUT2D eigenvalue weighted by molar-refractivity contribution is 5.80. The van der Waals surface area contributed by atoms with Gasteiger partial charge in [0, 0.05) is 0 Å². The van der Waals surface area contributed by atoms with E-state index in [0.717, 1.165) is 12.8 Å². The summed E-state index contributed by atoms with van der Waals surface area (Å²) in [7, 11) is 0. The van der Waals surface area contributed by atoms with Crippen molar-refractivity contribution in [1.82, 2.24) is 0 Å². The molecular formula is C22H40O4. The third kappa shape index (κ3) is 10.8. The van der Waals surface area contributed by atoms with Crippen LogP contribution in [0.3, 0.4) is 0 Å². The van der Waals surface area contributed by atoms with Crippen molar-refractivity contribution in [3.05, 3.63) is 0 Å². The summed E-state index contributed by atoms with van der Waals surface area (Å²) in [5, 5.41) is 0. The van der Waals surface area contributed by atoms with Crippen LogP contribution in [0.4, 0.5) is 0 Å². The van der Waals surface area contributed by atoms with Crippen molar-refractivity contribution < 1.29 is 19.1 Å². The first-order valence-corrected chi connectivity index (χ1v) is 10.3. The maximum absolute atomic E-state index is 12.6. The van der Waals surface area contributed by atoms with Gasteiger partial charge in [-0.1, -0.05) is 73.6 Å². The van der Waals surface area contributed by atoms with Crippen LogP contribution in [0.5, 0.6) is 0 Å². The molecule has 0 radical (unpaired) electrons. The Labute approximate surface area is 160 Å². The minimum absolute atomic E-state index is 0.0694. The molecule has 0 aromatic rings. The third-order valence-corrected chi connectivity index (χ3v) is 4.71. The fourth-order valence-electron chi connectivity index (χ4n) is 3.18. The molecule has 4 nitrogen and oxygen atoms in total. The lowest BCUT2D eigenvalue weighted by molar-refractivity contribution is -0.158. The molecule has 0 aromatic heterocycles. The van der Waals surface area contributed by atoms with Gasteiger partial charge in [-0.2, -0.15) is 0 Å². The van der Waals surface area contributed by atoms with E-state index in [-0.39, 0.29) is 35.1 Å². The summed E-state index contributed by atoms with van der Waals surface area (Å²) < 4.78 is 10.9. The number of rotatable bonds is 8. The zero-order valence-corrected chi connectivity index (χ0v) is 17.9. The minimum atomic E-state index is -0.383. The van der Waals surface area contributed by atoms with Gasteiger partial charge in [-0.25, -0.2) is 0 Å². The monoisotopic (exact) mass is 368 g/mol. The maximum atomic E-state index is 12.6. The van der Waals surface area contributed by atoms with Crippen LogP contribution in [0.15, 0.2) is 0 Å². The molecule has 0 heterocycles. The second kappa shape index (κ2) is 10.3. The first kappa shape index (κ1) is 23.0. The molecule has 26 heavy (non-hydrogen) atoms. The van der Waals surface area contributed by atoms with Crippen molar-refractivity contribution >= 4 is 11.9 Å². The SMILES string of the molecule is CC(C)(C)COC(=O)CC(CCC1CCCCC1)C(=O)OCC(C)(C)C. The van der Waals surface area contributed by atoms with Gasteiger partial charge in [-0.3, -0.25) is 9.59 Å². The van der Waals surface area contributed by atoms with Crippen molar-refractivity contribution in [3.8, 4) is 0 Å². The minimum Gasteiger partial charge on any atom is -0.465 e. The zero-order valence-electron chi connectivity index (χ0n) is 17.9. The van der Waals surface area contributed by atoms with Gasteiger partial charge < -0.3 is 9.47 Å². The highest BCUT2D eigenvalue weighted by Gasteiger charge is 2.28. The van der Waals surface area contributed by atoms with Gasteiger partial charge in [0.25, 0.3) is 0 Å². The second-order valence-electron chi connectivity index (χ2n) is 10.4. The Bertz CT molecular complexity index is 436. The average molecular weight is 369 g/mol. The highest BCUT2D eigenvalue weighted by atomic mass is 16.5. The van der Waals surface area contributed by atoms with Crippen molar-refractivity contribution in [2.45, 2.75) is 92.9 Å². The van der Waals surface area contributed by atoms with E-state index in [0.29, 0.717) is 19.1 Å². The standard InChI is InChI=1S/C22H40O4/c1-21(2,3)15-25-19(23)14-18(20(24)26-16-22(4,5)6)13-12-17-10-8-7-9-11-17/h17-18H,7-16H2,1-6H3. The molecule has 0 N–H and O–H groups in total. The first-order valence-electron chi connectivity index (χ1n) is 10.3. The Balaban J connectivity index is 2.57. The fraction of sp³-hybridized carbons (Fsp3) is 0.909. The summed E-state index contributed by atoms with van der Waals surface area (Å²) >= 11 is 0. The van der Waals surface area contributed by atoms with E-state index in [2.05, 4.69) is 0 Å². The van der Waals surface area contributed by atoms with Crippen LogP contribution in [-0.2, 0) is 19.1 Å². The van der Waals surface area contributed by atoms with Crippen LogP contribution in [0.2, 0.25) is 0 Å². The largest absolute Gasteiger partial charge is 0.465 e. The van der Waals surface area contributed by atoms with E-state index < -0.39 is 0 Å². The summed E-state index contributed by atoms with van der Waals surface area (Å²) in [6.07, 6.45) is 8.25. The lowest BCUT2D eigenvalue weighted by Crippen LogP contribution is -2.27. The molecule has 1 aliphatic carbocycles. The molecule has 1 rings (SSSR count). The molecule has 0 saturated heterocycles. The van der Waals surface area contributed by atoms with Gasteiger partial charge in [0.1, 0.15) is 0 Å². The molecule has 0 amide bonds. The number of ether oxygens (including phenoxy) is 2. The van der Waals surface area contributed by atoms with E-state index in [1.165, 1.54) is 32.1 Å². The molecule has 1 saturated carbocycles. The molecule has 1 fully saturated rings. The molecule has 1 aliphatic rings. The molecule has 1 atom stereocenters. The Morgan fingerprint density at radius 2 is 1.42 bits per heavy atom. The highest BCUT2D eigenvalue weighted by Crippen LogP contribution is 2.30. The van der Waals surface area contributed by atoms with Gasteiger partial charge in [-0.05, 0) is 29.6 Å². The molecule has 1 unspecified atom stereocenters. The van der Waals surface area contributed by atoms with E-state index in [1.54, 1.807) is 0 Å². The van der Waals surface area contributed by atoms with Gasteiger partial charge >= 0.3 is 11.9 Å². The van der Waals surface area contributed by atoms with Gasteiger partial charge in [0.05, 0.1) is 25.6 Å². The topological polar surface area (TPSA) is 52.6 Å². The predicted octanol–water partition coefficient (Wildman–Crippen LogP) is 5.53. The fourth-order valence-corrected chi connectivity index (χ4v) is 3.18. The van der Waals surface area contributed by atoms with Gasteiger partial charge in [0.2, 0.25) is 0 Å². The summed E-state index contributed by atoms with van der Waals surface area (Å²) in [4.78, 5) is 24.8. The third-order valence-electron chi connectivity index (χ3n) is 4.71. The van der Waals surface area contributed by atoms with Crippen molar-refractivity contribution in [3.63, 3.8) is 0 Å². The molecule has 0 aliphatic heterocycles. The summed E-state index contributed by atoms with van der Waals surface area (Å²) in [5.74, 6) is -0.233. The molecule has 0 bridgehead atoms. The molecule has 152 valence electrons. The van der Waals surface area contributed by atoms with Crippen LogP contribution in [0.1, 0.15) is 92.9 Å². The molecule has 0 aromatic carbocycles. The lowest BCUT2D eigenvalue weighted by atomic mass is 9.83. The van der Waals surface area contributed by atoms with Crippen LogP contribution in [-0.4, -0.2) is 25.2 Å². The first-order chi connectivity index (χ1) is 12.0. The van der Waals surface area contributed by atoms with E-state index in [9.17, 15) is 9.59 Å². The van der Waals surface area contributed by atoms with E-state index in [4.69, 9.17) is 9.47 Å². The maximum Gasteiger partial charge on any atom is 0.309 e. The van der Waals surface area contributed by atoms with Crippen molar-refractivity contribution in [2.75, 3.05) is 13.2 Å². The number of hydrogen-bond acceptors (Lipinski definition) is 4. The smallest absolute Gasteiger partial charge is 0.309 e. The normalized spacial score (nSPS) is 17.6. The molecule has 0 spiro atoms. The summed E-state index contributed by atoms with van der Waals surface area (Å²) in [6, 6.07) is 0. The Hall–Kier alpha value is -1.06. The quantitative estimate of drug-likeness (QED) is 0.528. The van der Waals surface area contributed by atoms with Gasteiger partial charge in [-0.15, -0.1) is 0 Å². The molecular weight excluding hydrogens is 328 g/mol. The summed E-state index contributed by atoms with van der Waals surface area (Å²) in [5.41, 5.74) is -0.143. The molecule has 4 heteroatoms. The van der Waals surface area contributed by atoms with Crippen LogP contribution in [0.25, 0.3) is 0 Å². The Morgan fingerprint density at radius 3 is 1.96 bits per heavy atom. The lowest BCUT2D eigenvalue weighted by Gasteiger charge is -2.25. The number of esters is 2. The zero-order chi connectivity index (χ0) is 19.8. The van der Waals surface area contributed by atoms with Crippen LogP contribution >= 0.6 is 0 Å². The summed E-state index contributed by atoms with van der Waals surface area (Å²) in [6.45, 7) is 12.9. The number of carbonyl (C=O) groups is 2. The van der Waals surface area contributed by atoms with Crippen molar-refractivity contribution in [1.29, 1.82) is 0 Å². The second-order valence-corrected chi connectivity index (χ2v) is 10.4. The Morgan fingerprint density at radius 1 is 0.885 bits per heavy atom. The average Bonchev–Trinajstić information content (AvgIpc) is 2.54. The van der Waals surface area contributed by atoms with E-state index in [1.807, 2.05) is 41.5 Å².